The molecule has 4 aliphatic rings. The second-order valence-corrected chi connectivity index (χ2v) is 13.3. The first-order valence-corrected chi connectivity index (χ1v) is 16.8. The molecule has 4 fully saturated rings. The molecule has 2 aromatic carbocycles. The highest BCUT2D eigenvalue weighted by atomic mass is 32.1. The lowest BCUT2D eigenvalue weighted by Gasteiger charge is -2.27. The van der Waals surface area contributed by atoms with E-state index in [2.05, 4.69) is 0 Å². The van der Waals surface area contributed by atoms with Crippen molar-refractivity contribution in [3.8, 4) is 0 Å². The minimum atomic E-state index is -1.62. The van der Waals surface area contributed by atoms with Crippen molar-refractivity contribution >= 4 is 35.1 Å². The summed E-state index contributed by atoms with van der Waals surface area (Å²) in [4.78, 5) is 40.7. The Morgan fingerprint density at radius 2 is 1.15 bits per heavy atom. The van der Waals surface area contributed by atoms with Crippen molar-refractivity contribution in [2.24, 2.45) is 22.7 Å². The van der Waals surface area contributed by atoms with Crippen LogP contribution < -0.4 is 0 Å². The SMILES string of the molecule is CCOC(=O)C1([C@H]2CN([C@@H](C)c3ccccc3)C(=O)[C@@H]2F)CC1.CCOC(=O)C1([C@H]2CN([C@@H](C)c3ccccc3)C(=S)[C@@H]2F)CC1. The molecule has 2 saturated carbocycles. The van der Waals surface area contributed by atoms with E-state index >= 15 is 0 Å². The Morgan fingerprint density at radius 1 is 0.761 bits per heavy atom. The van der Waals surface area contributed by atoms with Crippen molar-refractivity contribution in [3.63, 3.8) is 0 Å². The van der Waals surface area contributed by atoms with Crippen LogP contribution in [0.5, 0.6) is 0 Å². The van der Waals surface area contributed by atoms with Crippen LogP contribution in [0.3, 0.4) is 0 Å². The van der Waals surface area contributed by atoms with Gasteiger partial charge >= 0.3 is 11.9 Å². The van der Waals surface area contributed by atoms with E-state index in [1.807, 2.05) is 79.4 Å². The summed E-state index contributed by atoms with van der Waals surface area (Å²) in [5.74, 6) is -2.11. The number of likely N-dealkylation sites (tertiary alicyclic amines) is 2. The molecule has 1 amide bonds. The minimum absolute atomic E-state index is 0.00458. The van der Waals surface area contributed by atoms with Gasteiger partial charge in [0.25, 0.3) is 5.91 Å². The largest absolute Gasteiger partial charge is 0.466 e. The van der Waals surface area contributed by atoms with Crippen molar-refractivity contribution < 1.29 is 32.6 Å². The quantitative estimate of drug-likeness (QED) is 0.212. The van der Waals surface area contributed by atoms with Gasteiger partial charge in [-0.15, -0.1) is 0 Å². The first-order valence-electron chi connectivity index (χ1n) is 16.4. The Morgan fingerprint density at radius 3 is 1.57 bits per heavy atom. The summed E-state index contributed by atoms with van der Waals surface area (Å²) >= 11 is 5.36. The molecule has 2 saturated heterocycles. The predicted octanol–water partition coefficient (Wildman–Crippen LogP) is 6.58. The number of ether oxygens (including phenoxy) is 2. The van der Waals surface area contributed by atoms with Crippen LogP contribution in [-0.2, 0) is 23.9 Å². The van der Waals surface area contributed by atoms with Crippen LogP contribution in [0.1, 0.15) is 76.6 Å². The van der Waals surface area contributed by atoms with Crippen LogP contribution >= 0.6 is 12.2 Å². The van der Waals surface area contributed by atoms with E-state index in [0.717, 1.165) is 11.1 Å². The van der Waals surface area contributed by atoms with Gasteiger partial charge in [0.2, 0.25) is 0 Å². The number of amides is 1. The van der Waals surface area contributed by atoms with Crippen molar-refractivity contribution in [3.05, 3.63) is 71.8 Å². The number of esters is 2. The molecule has 0 aromatic heterocycles. The lowest BCUT2D eigenvalue weighted by molar-refractivity contribution is -0.153. The van der Waals surface area contributed by atoms with Crippen molar-refractivity contribution in [1.82, 2.24) is 9.80 Å². The Labute approximate surface area is 275 Å². The highest BCUT2D eigenvalue weighted by molar-refractivity contribution is 7.80. The number of alkyl halides is 2. The molecule has 2 aromatic rings. The van der Waals surface area contributed by atoms with Crippen LogP contribution in [0, 0.1) is 22.7 Å². The van der Waals surface area contributed by atoms with Crippen molar-refractivity contribution in [2.75, 3.05) is 26.3 Å². The van der Waals surface area contributed by atoms with E-state index in [0.29, 0.717) is 43.8 Å². The van der Waals surface area contributed by atoms with Gasteiger partial charge in [-0.25, -0.2) is 8.78 Å². The molecule has 2 heterocycles. The number of carbonyl (C=O) groups excluding carboxylic acids is 3. The van der Waals surface area contributed by atoms with E-state index in [-0.39, 0.29) is 43.1 Å². The van der Waals surface area contributed by atoms with Gasteiger partial charge in [0.05, 0.1) is 36.1 Å². The van der Waals surface area contributed by atoms with E-state index in [1.54, 1.807) is 18.7 Å². The molecular weight excluding hydrogens is 610 g/mol. The number of halogens is 2. The fraction of sp³-hybridized carbons (Fsp3) is 0.556. The number of hydrogen-bond donors (Lipinski definition) is 0. The van der Waals surface area contributed by atoms with Crippen LogP contribution in [0.2, 0.25) is 0 Å². The molecule has 10 heteroatoms. The molecule has 2 aliphatic heterocycles. The third-order valence-electron chi connectivity index (χ3n) is 10.4. The highest BCUT2D eigenvalue weighted by Crippen LogP contribution is 2.58. The zero-order chi connectivity index (χ0) is 33.2. The summed E-state index contributed by atoms with van der Waals surface area (Å²) < 4.78 is 39.8. The van der Waals surface area contributed by atoms with E-state index in [4.69, 9.17) is 21.7 Å². The number of thiocarbonyl (C=S) groups is 1. The molecule has 0 bridgehead atoms. The zero-order valence-electron chi connectivity index (χ0n) is 27.0. The Balaban J connectivity index is 0.000000181. The Kier molecular flexibility index (Phi) is 10.2. The summed E-state index contributed by atoms with van der Waals surface area (Å²) in [5.41, 5.74) is 0.610. The molecule has 0 N–H and O–H groups in total. The van der Waals surface area contributed by atoms with Gasteiger partial charge < -0.3 is 19.3 Å². The van der Waals surface area contributed by atoms with Gasteiger partial charge in [0, 0.05) is 24.9 Å². The molecule has 248 valence electrons. The van der Waals surface area contributed by atoms with Gasteiger partial charge in [0.1, 0.15) is 4.99 Å². The topological polar surface area (TPSA) is 76.1 Å². The summed E-state index contributed by atoms with van der Waals surface area (Å²) in [6, 6.07) is 19.3. The maximum absolute atomic E-state index is 14.9. The Bertz CT molecular complexity index is 1310. The first kappa shape index (κ1) is 33.9. The van der Waals surface area contributed by atoms with Gasteiger partial charge in [0.15, 0.2) is 12.3 Å². The zero-order valence-corrected chi connectivity index (χ0v) is 27.8. The van der Waals surface area contributed by atoms with Crippen molar-refractivity contribution in [1.29, 1.82) is 0 Å². The van der Waals surface area contributed by atoms with Crippen LogP contribution in [0.25, 0.3) is 0 Å². The number of benzene rings is 2. The lowest BCUT2D eigenvalue weighted by Crippen LogP contribution is -2.34. The first-order chi connectivity index (χ1) is 22.0. The van der Waals surface area contributed by atoms with Crippen molar-refractivity contribution in [2.45, 2.75) is 77.8 Å². The van der Waals surface area contributed by atoms with Gasteiger partial charge in [-0.3, -0.25) is 14.4 Å². The third kappa shape index (κ3) is 6.29. The molecular formula is C36H44F2N2O5S. The number of rotatable bonds is 10. The number of nitrogens with zero attached hydrogens (tertiary/aromatic N) is 2. The van der Waals surface area contributed by atoms with Crippen LogP contribution in [0.15, 0.2) is 60.7 Å². The lowest BCUT2D eigenvalue weighted by atomic mass is 9.87. The fourth-order valence-electron chi connectivity index (χ4n) is 7.15. The number of hydrogen-bond acceptors (Lipinski definition) is 6. The summed E-state index contributed by atoms with van der Waals surface area (Å²) in [7, 11) is 0. The number of carbonyl (C=O) groups is 3. The molecule has 0 radical (unpaired) electrons. The summed E-state index contributed by atoms with van der Waals surface area (Å²) in [6.45, 7) is 8.81. The second-order valence-electron chi connectivity index (χ2n) is 12.9. The van der Waals surface area contributed by atoms with E-state index < -0.39 is 35.0 Å². The van der Waals surface area contributed by atoms with Gasteiger partial charge in [-0.2, -0.15) is 0 Å². The van der Waals surface area contributed by atoms with E-state index in [9.17, 15) is 23.2 Å². The molecule has 46 heavy (non-hydrogen) atoms. The fourth-order valence-corrected chi connectivity index (χ4v) is 7.55. The highest BCUT2D eigenvalue weighted by Gasteiger charge is 2.64. The predicted molar refractivity (Wildman–Crippen MR) is 174 cm³/mol. The smallest absolute Gasteiger partial charge is 0.312 e. The molecule has 6 atom stereocenters. The summed E-state index contributed by atoms with van der Waals surface area (Å²) in [6.07, 6.45) is -0.244. The van der Waals surface area contributed by atoms with E-state index in [1.165, 1.54) is 0 Å². The maximum Gasteiger partial charge on any atom is 0.312 e. The third-order valence-corrected chi connectivity index (χ3v) is 10.9. The molecule has 0 unspecified atom stereocenters. The van der Waals surface area contributed by atoms with Crippen LogP contribution in [0.4, 0.5) is 8.78 Å². The maximum atomic E-state index is 14.9. The second kappa shape index (κ2) is 13.8. The van der Waals surface area contributed by atoms with Gasteiger partial charge in [-0.05, 0) is 64.5 Å². The van der Waals surface area contributed by atoms with Crippen LogP contribution in [-0.4, -0.2) is 71.3 Å². The Hall–Kier alpha value is -3.40. The standard InChI is InChI=1S/C18H22FNO3.C18H22FNO2S/c1-3-23-17(22)18(9-10-18)14-11-20(16(21)15(14)19)12(2)13-7-5-4-6-8-13;1-3-22-17(21)18(9-10-18)14-11-20(16(23)15(14)19)12(2)13-7-5-4-6-8-13/h2*4-8,12,14-15H,3,9-11H2,1-2H3/t2*12-,14-,15+/m00/s1. The summed E-state index contributed by atoms with van der Waals surface area (Å²) in [5, 5.41) is 0. The molecule has 6 rings (SSSR count). The molecule has 7 nitrogen and oxygen atoms in total. The molecule has 0 spiro atoms. The normalized spacial score (nSPS) is 26.9. The molecule has 2 aliphatic carbocycles. The monoisotopic (exact) mass is 654 g/mol. The average molecular weight is 655 g/mol. The minimum Gasteiger partial charge on any atom is -0.466 e. The van der Waals surface area contributed by atoms with Gasteiger partial charge in [-0.1, -0.05) is 72.9 Å². The average Bonchev–Trinajstić information content (AvgIpc) is 4.00.